The molecule has 0 aliphatic carbocycles. The summed E-state index contributed by atoms with van der Waals surface area (Å²) in [6.07, 6.45) is 1.85. The van der Waals surface area contributed by atoms with Crippen LogP contribution in [0, 0.1) is 10.5 Å². The van der Waals surface area contributed by atoms with E-state index in [-0.39, 0.29) is 0 Å². The molecule has 0 spiro atoms. The molecular weight excluding hydrogens is 373 g/mol. The average Bonchev–Trinajstić information content (AvgIpc) is 2.77. The fourth-order valence-electron chi connectivity index (χ4n) is 2.06. The van der Waals surface area contributed by atoms with E-state index in [9.17, 15) is 0 Å². The van der Waals surface area contributed by atoms with Crippen molar-refractivity contribution in [2.75, 3.05) is 0 Å². The van der Waals surface area contributed by atoms with Gasteiger partial charge in [0.15, 0.2) is 5.65 Å². The maximum atomic E-state index is 6.01. The van der Waals surface area contributed by atoms with Crippen LogP contribution in [0.25, 0.3) is 16.9 Å². The summed E-state index contributed by atoms with van der Waals surface area (Å²) in [7, 11) is 0. The fraction of sp³-hybridized carbons (Fsp3) is 0.143. The Balaban J connectivity index is 2.29. The van der Waals surface area contributed by atoms with Gasteiger partial charge in [0, 0.05) is 15.5 Å². The van der Waals surface area contributed by atoms with E-state index in [2.05, 4.69) is 56.8 Å². The van der Waals surface area contributed by atoms with Crippen LogP contribution in [0.1, 0.15) is 11.4 Å². The smallest absolute Gasteiger partial charge is 0.164 e. The summed E-state index contributed by atoms with van der Waals surface area (Å²) in [6.45, 7) is 2.01. The molecule has 0 bridgehead atoms. The molecule has 3 nitrogen and oxygen atoms in total. The Hall–Kier alpha value is -1.14. The largest absolute Gasteiger partial charge is 0.280 e. The van der Waals surface area contributed by atoms with Gasteiger partial charge in [0.05, 0.1) is 5.88 Å². The van der Waals surface area contributed by atoms with Crippen molar-refractivity contribution in [3.8, 4) is 5.69 Å². The predicted molar refractivity (Wildman–Crippen MR) is 85.9 cm³/mol. The zero-order valence-electron chi connectivity index (χ0n) is 10.3. The molecule has 0 radical (unpaired) electrons. The standard InChI is InChI=1S/C14H11ClIN3/c1-9-6-12-14(17-8-9)19(13(7-15)18-12)11-4-2-10(16)3-5-11/h2-6,8H,7H2,1H3. The molecule has 0 saturated carbocycles. The first-order valence-electron chi connectivity index (χ1n) is 5.85. The highest BCUT2D eigenvalue weighted by molar-refractivity contribution is 14.1. The molecule has 2 aromatic heterocycles. The number of hydrogen-bond donors (Lipinski definition) is 0. The van der Waals surface area contributed by atoms with Gasteiger partial charge in [-0.2, -0.15) is 0 Å². The van der Waals surface area contributed by atoms with Gasteiger partial charge in [-0.15, -0.1) is 11.6 Å². The van der Waals surface area contributed by atoms with Gasteiger partial charge in [-0.25, -0.2) is 9.97 Å². The summed E-state index contributed by atoms with van der Waals surface area (Å²) in [6, 6.07) is 10.3. The second-order valence-electron chi connectivity index (χ2n) is 4.33. The molecule has 3 aromatic rings. The van der Waals surface area contributed by atoms with E-state index in [1.54, 1.807) is 0 Å². The summed E-state index contributed by atoms with van der Waals surface area (Å²) in [5.74, 6) is 1.18. The van der Waals surface area contributed by atoms with E-state index >= 15 is 0 Å². The summed E-state index contributed by atoms with van der Waals surface area (Å²) >= 11 is 8.30. The first-order valence-corrected chi connectivity index (χ1v) is 7.46. The Bertz CT molecular complexity index is 734. The van der Waals surface area contributed by atoms with Crippen LogP contribution >= 0.6 is 34.2 Å². The monoisotopic (exact) mass is 383 g/mol. The normalized spacial score (nSPS) is 11.1. The van der Waals surface area contributed by atoms with Crippen molar-refractivity contribution < 1.29 is 0 Å². The Morgan fingerprint density at radius 2 is 2.00 bits per heavy atom. The summed E-state index contributed by atoms with van der Waals surface area (Å²) in [5, 5.41) is 0. The van der Waals surface area contributed by atoms with Crippen molar-refractivity contribution in [3.05, 3.63) is 51.5 Å². The van der Waals surface area contributed by atoms with E-state index in [1.165, 1.54) is 3.57 Å². The highest BCUT2D eigenvalue weighted by Crippen LogP contribution is 2.22. The zero-order chi connectivity index (χ0) is 13.4. The minimum Gasteiger partial charge on any atom is -0.280 e. The van der Waals surface area contributed by atoms with Crippen molar-refractivity contribution >= 4 is 45.4 Å². The lowest BCUT2D eigenvalue weighted by atomic mass is 10.3. The number of nitrogens with zero attached hydrogens (tertiary/aromatic N) is 3. The summed E-state index contributed by atoms with van der Waals surface area (Å²) in [4.78, 5) is 9.05. The van der Waals surface area contributed by atoms with Gasteiger partial charge in [-0.05, 0) is 65.4 Å². The summed E-state index contributed by atoms with van der Waals surface area (Å²) in [5.41, 5.74) is 3.87. The third kappa shape index (κ3) is 2.34. The van der Waals surface area contributed by atoms with Crippen LogP contribution in [0.2, 0.25) is 0 Å². The molecule has 5 heteroatoms. The molecule has 19 heavy (non-hydrogen) atoms. The number of benzene rings is 1. The minimum absolute atomic E-state index is 0.362. The van der Waals surface area contributed by atoms with Crippen LogP contribution in [0.5, 0.6) is 0 Å². The Labute approximate surface area is 129 Å². The highest BCUT2D eigenvalue weighted by atomic mass is 127. The number of rotatable bonds is 2. The number of hydrogen-bond acceptors (Lipinski definition) is 2. The van der Waals surface area contributed by atoms with Crippen molar-refractivity contribution in [2.24, 2.45) is 0 Å². The molecule has 2 heterocycles. The van der Waals surface area contributed by atoms with Crippen LogP contribution in [0.15, 0.2) is 36.5 Å². The molecule has 0 saturated heterocycles. The lowest BCUT2D eigenvalue weighted by Crippen LogP contribution is -2.00. The fourth-order valence-corrected chi connectivity index (χ4v) is 2.60. The van der Waals surface area contributed by atoms with Gasteiger partial charge in [0.1, 0.15) is 11.3 Å². The topological polar surface area (TPSA) is 30.7 Å². The Kier molecular flexibility index (Phi) is 3.45. The lowest BCUT2D eigenvalue weighted by Gasteiger charge is -2.07. The van der Waals surface area contributed by atoms with Crippen LogP contribution in [-0.2, 0) is 5.88 Å². The maximum absolute atomic E-state index is 6.01. The Morgan fingerprint density at radius 1 is 1.26 bits per heavy atom. The first kappa shape index (κ1) is 12.9. The minimum atomic E-state index is 0.362. The van der Waals surface area contributed by atoms with Crippen LogP contribution in [0.3, 0.4) is 0 Å². The third-order valence-electron chi connectivity index (χ3n) is 2.91. The van der Waals surface area contributed by atoms with E-state index < -0.39 is 0 Å². The van der Waals surface area contributed by atoms with Gasteiger partial charge in [-0.3, -0.25) is 4.57 Å². The number of alkyl halides is 1. The second-order valence-corrected chi connectivity index (χ2v) is 5.84. The average molecular weight is 384 g/mol. The molecule has 0 fully saturated rings. The van der Waals surface area contributed by atoms with Crippen molar-refractivity contribution in [2.45, 2.75) is 12.8 Å². The number of fused-ring (bicyclic) bond motifs is 1. The molecule has 1 aromatic carbocycles. The van der Waals surface area contributed by atoms with Gasteiger partial charge in [0.2, 0.25) is 0 Å². The molecule has 96 valence electrons. The van der Waals surface area contributed by atoms with Crippen molar-refractivity contribution in [1.29, 1.82) is 0 Å². The number of aromatic nitrogens is 3. The van der Waals surface area contributed by atoms with Crippen molar-refractivity contribution in [3.63, 3.8) is 0 Å². The number of imidazole rings is 1. The van der Waals surface area contributed by atoms with Crippen LogP contribution in [0.4, 0.5) is 0 Å². The van der Waals surface area contributed by atoms with E-state index in [4.69, 9.17) is 11.6 Å². The number of pyridine rings is 1. The lowest BCUT2D eigenvalue weighted by molar-refractivity contribution is 0.969. The van der Waals surface area contributed by atoms with E-state index in [0.29, 0.717) is 5.88 Å². The van der Waals surface area contributed by atoms with Gasteiger partial charge >= 0.3 is 0 Å². The summed E-state index contributed by atoms with van der Waals surface area (Å²) < 4.78 is 3.21. The molecule has 0 atom stereocenters. The molecule has 0 amide bonds. The molecule has 0 N–H and O–H groups in total. The highest BCUT2D eigenvalue weighted by Gasteiger charge is 2.12. The maximum Gasteiger partial charge on any atom is 0.164 e. The molecular formula is C14H11ClIN3. The van der Waals surface area contributed by atoms with Crippen LogP contribution in [-0.4, -0.2) is 14.5 Å². The van der Waals surface area contributed by atoms with Crippen LogP contribution < -0.4 is 0 Å². The zero-order valence-corrected chi connectivity index (χ0v) is 13.2. The molecule has 0 aliphatic rings. The Morgan fingerprint density at radius 3 is 2.68 bits per heavy atom. The first-order chi connectivity index (χ1) is 9.19. The second kappa shape index (κ2) is 5.09. The predicted octanol–water partition coefficient (Wildman–Crippen LogP) is 4.07. The van der Waals surface area contributed by atoms with Gasteiger partial charge in [-0.1, -0.05) is 0 Å². The number of halogens is 2. The quantitative estimate of drug-likeness (QED) is 0.493. The number of aryl methyl sites for hydroxylation is 1. The van der Waals surface area contributed by atoms with Gasteiger partial charge < -0.3 is 0 Å². The molecule has 3 rings (SSSR count). The molecule has 0 unspecified atom stereocenters. The third-order valence-corrected chi connectivity index (χ3v) is 3.87. The van der Waals surface area contributed by atoms with E-state index in [1.807, 2.05) is 23.8 Å². The van der Waals surface area contributed by atoms with Crippen molar-refractivity contribution in [1.82, 2.24) is 14.5 Å². The van der Waals surface area contributed by atoms with E-state index in [0.717, 1.165) is 28.2 Å². The SMILES string of the molecule is Cc1cnc2c(c1)nc(CCl)n2-c1ccc(I)cc1. The van der Waals surface area contributed by atoms with Gasteiger partial charge in [0.25, 0.3) is 0 Å². The molecule has 0 aliphatic heterocycles.